The standard InChI is InChI=1S/C8H8O3/c1-4-2-5-3-6(9)7(4)8(10)11-5/h5,7H,1-3H2. The highest BCUT2D eigenvalue weighted by molar-refractivity contribution is 6.05. The fourth-order valence-corrected chi connectivity index (χ4v) is 1.67. The number of carbonyl (C=O) groups is 2. The lowest BCUT2D eigenvalue weighted by atomic mass is 9.80. The first-order valence-corrected chi connectivity index (χ1v) is 3.59. The highest BCUT2D eigenvalue weighted by Crippen LogP contribution is 2.34. The van der Waals surface area contributed by atoms with Gasteiger partial charge in [-0.05, 0) is 0 Å². The van der Waals surface area contributed by atoms with Crippen LogP contribution in [0.4, 0.5) is 0 Å². The van der Waals surface area contributed by atoms with Gasteiger partial charge in [-0.15, -0.1) is 0 Å². The van der Waals surface area contributed by atoms with Crippen molar-refractivity contribution < 1.29 is 14.3 Å². The van der Waals surface area contributed by atoms with E-state index in [0.29, 0.717) is 12.8 Å². The Hall–Kier alpha value is -1.12. The number of Topliss-reactive ketones (excluding diaryl/α,β-unsaturated/α-hetero) is 1. The van der Waals surface area contributed by atoms with Crippen molar-refractivity contribution in [1.82, 2.24) is 0 Å². The number of ether oxygens (including phenoxy) is 1. The molecule has 0 aromatic rings. The second-order valence-corrected chi connectivity index (χ2v) is 3.02. The predicted octanol–water partition coefficient (Wildman–Crippen LogP) is 0.447. The largest absolute Gasteiger partial charge is 0.461 e. The van der Waals surface area contributed by atoms with E-state index in [9.17, 15) is 9.59 Å². The van der Waals surface area contributed by atoms with E-state index in [1.165, 1.54) is 0 Å². The Morgan fingerprint density at radius 1 is 1.36 bits per heavy atom. The Morgan fingerprint density at radius 3 is 2.45 bits per heavy atom. The van der Waals surface area contributed by atoms with Crippen LogP contribution < -0.4 is 0 Å². The van der Waals surface area contributed by atoms with E-state index in [1.807, 2.05) is 0 Å². The number of hydrogen-bond acceptors (Lipinski definition) is 3. The summed E-state index contributed by atoms with van der Waals surface area (Å²) in [7, 11) is 0. The van der Waals surface area contributed by atoms with Crippen LogP contribution >= 0.6 is 0 Å². The van der Waals surface area contributed by atoms with Crippen LogP contribution in [-0.2, 0) is 14.3 Å². The van der Waals surface area contributed by atoms with E-state index in [-0.39, 0.29) is 11.9 Å². The van der Waals surface area contributed by atoms with Crippen molar-refractivity contribution in [3.8, 4) is 0 Å². The van der Waals surface area contributed by atoms with Gasteiger partial charge in [-0.2, -0.15) is 0 Å². The van der Waals surface area contributed by atoms with Gasteiger partial charge >= 0.3 is 5.97 Å². The maximum atomic E-state index is 11.1. The molecule has 3 heteroatoms. The SMILES string of the molecule is C=C1CC2CC(=O)C1C(=O)O2. The third-order valence-corrected chi connectivity index (χ3v) is 2.17. The van der Waals surface area contributed by atoms with Gasteiger partial charge in [0.1, 0.15) is 12.0 Å². The molecule has 3 nitrogen and oxygen atoms in total. The number of carbonyl (C=O) groups excluding carboxylic acids is 2. The van der Waals surface area contributed by atoms with Crippen molar-refractivity contribution in [2.24, 2.45) is 5.92 Å². The lowest BCUT2D eigenvalue weighted by molar-refractivity contribution is -0.167. The van der Waals surface area contributed by atoms with Gasteiger partial charge in [0.15, 0.2) is 5.78 Å². The molecule has 0 aromatic heterocycles. The van der Waals surface area contributed by atoms with Gasteiger partial charge in [0.2, 0.25) is 0 Å². The fraction of sp³-hybridized carbons (Fsp3) is 0.500. The number of ketones is 1. The van der Waals surface area contributed by atoms with Gasteiger partial charge in [0.05, 0.1) is 0 Å². The number of rotatable bonds is 0. The molecule has 3 rings (SSSR count). The zero-order valence-electron chi connectivity index (χ0n) is 6.00. The molecule has 2 unspecified atom stereocenters. The van der Waals surface area contributed by atoms with Gasteiger partial charge in [0, 0.05) is 12.8 Å². The van der Waals surface area contributed by atoms with Crippen molar-refractivity contribution in [1.29, 1.82) is 0 Å². The lowest BCUT2D eigenvalue weighted by Crippen LogP contribution is -2.45. The summed E-state index contributed by atoms with van der Waals surface area (Å²) in [4.78, 5) is 22.1. The molecular formula is C8H8O3. The van der Waals surface area contributed by atoms with Crippen molar-refractivity contribution in [3.05, 3.63) is 12.2 Å². The molecule has 0 radical (unpaired) electrons. The van der Waals surface area contributed by atoms with Gasteiger partial charge in [0.25, 0.3) is 0 Å². The Kier molecular flexibility index (Phi) is 1.16. The maximum absolute atomic E-state index is 11.1. The lowest BCUT2D eigenvalue weighted by Gasteiger charge is -2.34. The van der Waals surface area contributed by atoms with E-state index in [2.05, 4.69) is 6.58 Å². The average Bonchev–Trinajstić information content (AvgIpc) is 1.82. The minimum Gasteiger partial charge on any atom is -0.461 e. The van der Waals surface area contributed by atoms with E-state index in [4.69, 9.17) is 4.74 Å². The summed E-state index contributed by atoms with van der Waals surface area (Å²) in [6.45, 7) is 3.68. The summed E-state index contributed by atoms with van der Waals surface area (Å²) in [5.74, 6) is -1.06. The van der Waals surface area contributed by atoms with Crippen LogP contribution in [0.25, 0.3) is 0 Å². The maximum Gasteiger partial charge on any atom is 0.320 e. The first-order chi connectivity index (χ1) is 5.18. The van der Waals surface area contributed by atoms with Crippen LogP contribution in [-0.4, -0.2) is 17.9 Å². The second-order valence-electron chi connectivity index (χ2n) is 3.02. The summed E-state index contributed by atoms with van der Waals surface area (Å²) < 4.78 is 4.91. The van der Waals surface area contributed by atoms with Crippen molar-refractivity contribution in [3.63, 3.8) is 0 Å². The molecule has 2 bridgehead atoms. The van der Waals surface area contributed by atoms with E-state index >= 15 is 0 Å². The summed E-state index contributed by atoms with van der Waals surface area (Å²) in [6.07, 6.45) is 0.838. The van der Waals surface area contributed by atoms with Crippen LogP contribution in [0.3, 0.4) is 0 Å². The molecule has 2 aliphatic heterocycles. The van der Waals surface area contributed by atoms with Crippen LogP contribution in [0.15, 0.2) is 12.2 Å². The summed E-state index contributed by atoms with van der Waals surface area (Å²) in [5.41, 5.74) is 0.725. The molecule has 0 spiro atoms. The Bertz CT molecular complexity index is 211. The van der Waals surface area contributed by atoms with Crippen LogP contribution in [0, 0.1) is 5.92 Å². The van der Waals surface area contributed by atoms with E-state index in [1.54, 1.807) is 0 Å². The molecule has 11 heavy (non-hydrogen) atoms. The summed E-state index contributed by atoms with van der Waals surface area (Å²) in [5, 5.41) is 0. The molecule has 3 aliphatic rings. The van der Waals surface area contributed by atoms with Gasteiger partial charge in [-0.25, -0.2) is 0 Å². The fourth-order valence-electron chi connectivity index (χ4n) is 1.67. The van der Waals surface area contributed by atoms with E-state index < -0.39 is 11.9 Å². The predicted molar refractivity (Wildman–Crippen MR) is 36.8 cm³/mol. The Balaban J connectivity index is 2.37. The molecule has 0 amide bonds. The van der Waals surface area contributed by atoms with Gasteiger partial charge < -0.3 is 4.74 Å². The molecule has 58 valence electrons. The highest BCUT2D eigenvalue weighted by atomic mass is 16.5. The third kappa shape index (κ3) is 0.803. The van der Waals surface area contributed by atoms with Crippen molar-refractivity contribution in [2.45, 2.75) is 18.9 Å². The highest BCUT2D eigenvalue weighted by Gasteiger charge is 2.44. The van der Waals surface area contributed by atoms with Crippen LogP contribution in [0.2, 0.25) is 0 Å². The zero-order valence-corrected chi connectivity index (χ0v) is 6.00. The molecular weight excluding hydrogens is 144 g/mol. The quantitative estimate of drug-likeness (QED) is 0.287. The Morgan fingerprint density at radius 2 is 2.09 bits per heavy atom. The first-order valence-electron chi connectivity index (χ1n) is 3.59. The number of esters is 1. The second kappa shape index (κ2) is 1.94. The summed E-state index contributed by atoms with van der Waals surface area (Å²) in [6, 6.07) is 0. The smallest absolute Gasteiger partial charge is 0.320 e. The average molecular weight is 152 g/mol. The minimum absolute atomic E-state index is 0.0255. The molecule has 1 aliphatic carbocycles. The summed E-state index contributed by atoms with van der Waals surface area (Å²) >= 11 is 0. The molecule has 2 saturated heterocycles. The van der Waals surface area contributed by atoms with Crippen molar-refractivity contribution >= 4 is 11.8 Å². The topological polar surface area (TPSA) is 43.4 Å². The third-order valence-electron chi connectivity index (χ3n) is 2.17. The normalized spacial score (nSPS) is 35.8. The molecule has 1 saturated carbocycles. The minimum atomic E-state index is -0.639. The van der Waals surface area contributed by atoms with Crippen LogP contribution in [0.1, 0.15) is 12.8 Å². The van der Waals surface area contributed by atoms with Gasteiger partial charge in [-0.3, -0.25) is 9.59 Å². The molecule has 2 atom stereocenters. The van der Waals surface area contributed by atoms with E-state index in [0.717, 1.165) is 5.57 Å². The zero-order chi connectivity index (χ0) is 8.01. The molecule has 0 aromatic carbocycles. The van der Waals surface area contributed by atoms with Gasteiger partial charge in [-0.1, -0.05) is 12.2 Å². The van der Waals surface area contributed by atoms with Crippen molar-refractivity contribution in [2.75, 3.05) is 0 Å². The molecule has 0 N–H and O–H groups in total. The molecule has 2 heterocycles. The molecule has 3 fully saturated rings. The van der Waals surface area contributed by atoms with Crippen LogP contribution in [0.5, 0.6) is 0 Å². The number of hydrogen-bond donors (Lipinski definition) is 0. The monoisotopic (exact) mass is 152 g/mol. The Labute approximate surface area is 64.0 Å². The number of fused-ring (bicyclic) bond motifs is 3. The first kappa shape index (κ1) is 6.58.